The zero-order valence-electron chi connectivity index (χ0n) is 14.7. The van der Waals surface area contributed by atoms with Crippen molar-refractivity contribution >= 4 is 17.5 Å². The Morgan fingerprint density at radius 1 is 1.38 bits per heavy atom. The quantitative estimate of drug-likeness (QED) is 0.885. The number of aryl methyl sites for hydroxylation is 1. The Hall–Kier alpha value is -2.90. The number of nitrogens with zero attached hydrogens (tertiary/aromatic N) is 3. The third kappa shape index (κ3) is 2.91. The van der Waals surface area contributed by atoms with Gasteiger partial charge in [-0.15, -0.1) is 0 Å². The van der Waals surface area contributed by atoms with Gasteiger partial charge in [0.15, 0.2) is 17.7 Å². The molecule has 0 saturated carbocycles. The molecule has 1 aromatic carbocycles. The van der Waals surface area contributed by atoms with Crippen LogP contribution in [0.3, 0.4) is 0 Å². The maximum atomic E-state index is 13.1. The number of amides is 2. The number of carbonyl (C=O) groups is 2. The van der Waals surface area contributed by atoms with Crippen molar-refractivity contribution in [2.24, 2.45) is 0 Å². The molecule has 136 valence electrons. The van der Waals surface area contributed by atoms with Gasteiger partial charge in [-0.3, -0.25) is 9.59 Å². The second-order valence-corrected chi connectivity index (χ2v) is 6.70. The second kappa shape index (κ2) is 6.44. The number of nitrogens with one attached hydrogen (secondary N) is 1. The Kier molecular flexibility index (Phi) is 4.10. The maximum absolute atomic E-state index is 13.1. The van der Waals surface area contributed by atoms with Crippen LogP contribution < -0.4 is 10.1 Å². The number of anilines is 1. The first-order chi connectivity index (χ1) is 12.5. The first-order valence-corrected chi connectivity index (χ1v) is 8.73. The highest BCUT2D eigenvalue weighted by Crippen LogP contribution is 2.35. The molecule has 8 nitrogen and oxygen atoms in total. The standard InChI is InChI=1S/C18H20N4O4/c1-10-16(23)20-14-7-3-6-13(15(14)25-10)18(24)22-8-4-5-12(9-22)17-19-11(2)21-26-17/h3,6-7,10,12H,4-5,8-9H2,1-2H3,(H,20,23). The monoisotopic (exact) mass is 356 g/mol. The van der Waals surface area contributed by atoms with Gasteiger partial charge in [-0.2, -0.15) is 4.98 Å². The van der Waals surface area contributed by atoms with Crippen LogP contribution in [-0.4, -0.2) is 46.0 Å². The first-order valence-electron chi connectivity index (χ1n) is 8.73. The summed E-state index contributed by atoms with van der Waals surface area (Å²) in [4.78, 5) is 31.0. The molecule has 1 aromatic heterocycles. The number of piperidine rings is 1. The molecule has 1 saturated heterocycles. The van der Waals surface area contributed by atoms with Crippen molar-refractivity contribution in [2.75, 3.05) is 18.4 Å². The van der Waals surface area contributed by atoms with Crippen molar-refractivity contribution in [3.63, 3.8) is 0 Å². The van der Waals surface area contributed by atoms with Gasteiger partial charge in [0.1, 0.15) is 0 Å². The molecule has 1 fully saturated rings. The van der Waals surface area contributed by atoms with Crippen LogP contribution in [-0.2, 0) is 4.79 Å². The summed E-state index contributed by atoms with van der Waals surface area (Å²) in [5, 5.41) is 6.62. The summed E-state index contributed by atoms with van der Waals surface area (Å²) in [6, 6.07) is 5.20. The lowest BCUT2D eigenvalue weighted by Crippen LogP contribution is -2.40. The lowest BCUT2D eigenvalue weighted by Gasteiger charge is -2.32. The number of ether oxygens (including phenoxy) is 1. The number of likely N-dealkylation sites (tertiary alicyclic amines) is 1. The summed E-state index contributed by atoms with van der Waals surface area (Å²) in [6.45, 7) is 4.62. The molecule has 0 radical (unpaired) electrons. The van der Waals surface area contributed by atoms with Gasteiger partial charge in [0, 0.05) is 13.1 Å². The van der Waals surface area contributed by atoms with E-state index in [-0.39, 0.29) is 17.7 Å². The largest absolute Gasteiger partial charge is 0.478 e. The summed E-state index contributed by atoms with van der Waals surface area (Å²) in [5.41, 5.74) is 0.983. The SMILES string of the molecule is Cc1noc(C2CCCN(C(=O)c3cccc4c3OC(C)C(=O)N4)C2)n1. The Morgan fingerprint density at radius 3 is 3.00 bits per heavy atom. The minimum atomic E-state index is -0.632. The summed E-state index contributed by atoms with van der Waals surface area (Å²) in [7, 11) is 0. The summed E-state index contributed by atoms with van der Waals surface area (Å²) in [6.07, 6.45) is 1.13. The highest BCUT2D eigenvalue weighted by molar-refractivity contribution is 6.04. The van der Waals surface area contributed by atoms with Crippen LogP contribution in [0.5, 0.6) is 5.75 Å². The van der Waals surface area contributed by atoms with Crippen molar-refractivity contribution in [3.05, 3.63) is 35.5 Å². The zero-order chi connectivity index (χ0) is 18.3. The minimum Gasteiger partial charge on any atom is -0.478 e. The third-order valence-corrected chi connectivity index (χ3v) is 4.77. The molecule has 8 heteroatoms. The van der Waals surface area contributed by atoms with Gasteiger partial charge >= 0.3 is 0 Å². The number of hydrogen-bond acceptors (Lipinski definition) is 6. The van der Waals surface area contributed by atoms with Gasteiger partial charge in [0.2, 0.25) is 5.89 Å². The van der Waals surface area contributed by atoms with E-state index in [0.29, 0.717) is 41.8 Å². The van der Waals surface area contributed by atoms with E-state index >= 15 is 0 Å². The van der Waals surface area contributed by atoms with Gasteiger partial charge in [0.05, 0.1) is 17.2 Å². The van der Waals surface area contributed by atoms with Gasteiger partial charge in [-0.05, 0) is 38.8 Å². The van der Waals surface area contributed by atoms with Crippen molar-refractivity contribution in [2.45, 2.75) is 38.7 Å². The van der Waals surface area contributed by atoms with Crippen molar-refractivity contribution in [1.29, 1.82) is 0 Å². The number of carbonyl (C=O) groups excluding carboxylic acids is 2. The van der Waals surface area contributed by atoms with Crippen LogP contribution in [0, 0.1) is 6.92 Å². The van der Waals surface area contributed by atoms with Crippen LogP contribution in [0.4, 0.5) is 5.69 Å². The van der Waals surface area contributed by atoms with Crippen molar-refractivity contribution in [1.82, 2.24) is 15.0 Å². The maximum Gasteiger partial charge on any atom is 0.265 e. The van der Waals surface area contributed by atoms with Gasteiger partial charge in [0.25, 0.3) is 11.8 Å². The first kappa shape index (κ1) is 16.6. The zero-order valence-corrected chi connectivity index (χ0v) is 14.7. The molecule has 2 amide bonds. The molecule has 0 spiro atoms. The average molecular weight is 356 g/mol. The third-order valence-electron chi connectivity index (χ3n) is 4.77. The smallest absolute Gasteiger partial charge is 0.265 e. The van der Waals surface area contributed by atoms with E-state index in [9.17, 15) is 9.59 Å². The van der Waals surface area contributed by atoms with E-state index in [2.05, 4.69) is 15.5 Å². The molecule has 2 aliphatic rings. The predicted octanol–water partition coefficient (Wildman–Crippen LogP) is 2.12. The predicted molar refractivity (Wildman–Crippen MR) is 92.1 cm³/mol. The normalized spacial score (nSPS) is 22.4. The molecule has 3 heterocycles. The van der Waals surface area contributed by atoms with Gasteiger partial charge < -0.3 is 19.5 Å². The Morgan fingerprint density at radius 2 is 2.23 bits per heavy atom. The summed E-state index contributed by atoms with van der Waals surface area (Å²) < 4.78 is 11.0. The van der Waals surface area contributed by atoms with E-state index in [4.69, 9.17) is 9.26 Å². The molecular weight excluding hydrogens is 336 g/mol. The van der Waals surface area contributed by atoms with E-state index < -0.39 is 6.10 Å². The van der Waals surface area contributed by atoms with Crippen molar-refractivity contribution in [3.8, 4) is 5.75 Å². The summed E-state index contributed by atoms with van der Waals surface area (Å²) in [5.74, 6) is 1.30. The number of fused-ring (bicyclic) bond motifs is 1. The van der Waals surface area contributed by atoms with Crippen molar-refractivity contribution < 1.29 is 18.8 Å². The Bertz CT molecular complexity index is 863. The van der Waals surface area contributed by atoms with Gasteiger partial charge in [-0.1, -0.05) is 11.2 Å². The molecule has 0 aliphatic carbocycles. The number of benzene rings is 1. The van der Waals surface area contributed by atoms with Crippen LogP contribution in [0.15, 0.2) is 22.7 Å². The lowest BCUT2D eigenvalue weighted by molar-refractivity contribution is -0.122. The second-order valence-electron chi connectivity index (χ2n) is 6.70. The molecule has 2 aliphatic heterocycles. The number of rotatable bonds is 2. The Labute approximate surface area is 150 Å². The number of para-hydroxylation sites is 1. The summed E-state index contributed by atoms with van der Waals surface area (Å²) >= 11 is 0. The van der Waals surface area contributed by atoms with Gasteiger partial charge in [-0.25, -0.2) is 0 Å². The van der Waals surface area contributed by atoms with E-state index in [0.717, 1.165) is 12.8 Å². The minimum absolute atomic E-state index is 0.0352. The van der Waals surface area contributed by atoms with Crippen LogP contribution in [0.25, 0.3) is 0 Å². The van der Waals surface area contributed by atoms with Crippen LogP contribution in [0.1, 0.15) is 47.8 Å². The Balaban J connectivity index is 1.58. The molecule has 26 heavy (non-hydrogen) atoms. The molecule has 4 rings (SSSR count). The number of hydrogen-bond donors (Lipinski definition) is 1. The van der Waals surface area contributed by atoms with E-state index in [1.165, 1.54) is 0 Å². The highest BCUT2D eigenvalue weighted by Gasteiger charge is 2.32. The van der Waals surface area contributed by atoms with E-state index in [1.807, 2.05) is 0 Å². The highest BCUT2D eigenvalue weighted by atomic mass is 16.5. The molecule has 0 bridgehead atoms. The molecule has 2 atom stereocenters. The molecule has 2 aromatic rings. The molecular formula is C18H20N4O4. The fraction of sp³-hybridized carbons (Fsp3) is 0.444. The lowest BCUT2D eigenvalue weighted by atomic mass is 9.97. The molecule has 1 N–H and O–H groups in total. The van der Waals surface area contributed by atoms with Crippen LogP contribution >= 0.6 is 0 Å². The topological polar surface area (TPSA) is 97.6 Å². The molecule has 2 unspecified atom stereocenters. The van der Waals surface area contributed by atoms with Crippen LogP contribution in [0.2, 0.25) is 0 Å². The average Bonchev–Trinajstić information content (AvgIpc) is 3.08. The fourth-order valence-corrected chi connectivity index (χ4v) is 3.41. The number of aromatic nitrogens is 2. The van der Waals surface area contributed by atoms with E-state index in [1.54, 1.807) is 36.9 Å². The fourth-order valence-electron chi connectivity index (χ4n) is 3.41.